The quantitative estimate of drug-likeness (QED) is 0.252. The molecule has 3 heteroatoms. The molecule has 0 radical (unpaired) electrons. The molecule has 0 aromatic heterocycles. The molecule has 174 valence electrons. The summed E-state index contributed by atoms with van der Waals surface area (Å²) >= 11 is 0. The number of aryl methyl sites for hydroxylation is 1. The first-order chi connectivity index (χ1) is 15.7. The predicted octanol–water partition coefficient (Wildman–Crippen LogP) is 7.55. The summed E-state index contributed by atoms with van der Waals surface area (Å²) in [5, 5.41) is 1.30. The largest absolute Gasteiger partial charge is 0.488 e. The summed E-state index contributed by atoms with van der Waals surface area (Å²) in [5.41, 5.74) is 6.25. The van der Waals surface area contributed by atoms with E-state index in [-0.39, 0.29) is 10.6 Å². The summed E-state index contributed by atoms with van der Waals surface area (Å²) in [5.74, 6) is 1.05. The van der Waals surface area contributed by atoms with Crippen LogP contribution in [0.5, 0.6) is 5.75 Å². The molecule has 0 N–H and O–H groups in total. The maximum atomic E-state index is 6.68. The van der Waals surface area contributed by atoms with E-state index in [9.17, 15) is 0 Å². The van der Waals surface area contributed by atoms with E-state index in [2.05, 4.69) is 107 Å². The van der Waals surface area contributed by atoms with Gasteiger partial charge in [-0.3, -0.25) is 4.99 Å². The van der Waals surface area contributed by atoms with Crippen LogP contribution in [0.25, 0.3) is 0 Å². The number of ether oxygens (including phenoxy) is 1. The Morgan fingerprint density at radius 2 is 1.55 bits per heavy atom. The lowest BCUT2D eigenvalue weighted by Gasteiger charge is -2.35. The van der Waals surface area contributed by atoms with Gasteiger partial charge in [0.25, 0.3) is 0 Å². The molecule has 0 aliphatic heterocycles. The van der Waals surface area contributed by atoms with Crippen molar-refractivity contribution in [1.29, 1.82) is 0 Å². The lowest BCUT2D eigenvalue weighted by atomic mass is 9.81. The van der Waals surface area contributed by atoms with E-state index in [4.69, 9.17) is 4.74 Å². The summed E-state index contributed by atoms with van der Waals surface area (Å²) in [7, 11) is 2.44. The molecule has 0 saturated carbocycles. The predicted molar refractivity (Wildman–Crippen MR) is 146 cm³/mol. The maximum Gasteiger partial charge on any atom is 0.127 e. The molecule has 2 unspecified atom stereocenters. The van der Waals surface area contributed by atoms with Gasteiger partial charge in [0.15, 0.2) is 0 Å². The molecule has 0 fully saturated rings. The van der Waals surface area contributed by atoms with Crippen LogP contribution in [0.15, 0.2) is 71.7 Å². The van der Waals surface area contributed by atoms with Crippen LogP contribution in [-0.2, 0) is 17.2 Å². The molecular weight excluding hydrogens is 421 g/mol. The number of rotatable bonds is 8. The third-order valence-electron chi connectivity index (χ3n) is 6.21. The standard InChI is InChI=1S/C30H38NOP/c1-8-30(6,33-27-17-13-12-16-24(27)20-31-7)26-19-22(2)18-25(29(3,4)5)28(26)32-21-23-14-10-9-11-15-23/h9-20,33H,8,21H2,1-7H3/b31-20+. The third kappa shape index (κ3) is 6.12. The van der Waals surface area contributed by atoms with Crippen molar-refractivity contribution in [1.82, 2.24) is 0 Å². The minimum absolute atomic E-state index is 0.0165. The van der Waals surface area contributed by atoms with Gasteiger partial charge in [-0.15, -0.1) is 0 Å². The van der Waals surface area contributed by atoms with Crippen LogP contribution in [-0.4, -0.2) is 13.3 Å². The number of aliphatic imine (C=N–C) groups is 1. The van der Waals surface area contributed by atoms with E-state index in [0.717, 1.165) is 12.2 Å². The first kappa shape index (κ1) is 25.2. The minimum atomic E-state index is -0.0459. The van der Waals surface area contributed by atoms with Gasteiger partial charge in [-0.05, 0) is 35.2 Å². The average molecular weight is 460 g/mol. The Balaban J connectivity index is 2.13. The summed E-state index contributed by atoms with van der Waals surface area (Å²) in [6.45, 7) is 14.3. The zero-order valence-corrected chi connectivity index (χ0v) is 22.2. The first-order valence-electron chi connectivity index (χ1n) is 11.8. The highest BCUT2D eigenvalue weighted by atomic mass is 31.1. The third-order valence-corrected chi connectivity index (χ3v) is 8.11. The normalized spacial score (nSPS) is 14.2. The van der Waals surface area contributed by atoms with Gasteiger partial charge in [0.2, 0.25) is 0 Å². The molecule has 0 aliphatic carbocycles. The molecule has 3 aromatic rings. The van der Waals surface area contributed by atoms with Crippen molar-refractivity contribution in [3.63, 3.8) is 0 Å². The Bertz CT molecular complexity index is 1100. The Labute approximate surface area is 202 Å². The first-order valence-corrected chi connectivity index (χ1v) is 12.8. The van der Waals surface area contributed by atoms with Crippen molar-refractivity contribution < 1.29 is 4.74 Å². The van der Waals surface area contributed by atoms with Crippen molar-refractivity contribution in [3.05, 3.63) is 94.5 Å². The highest BCUT2D eigenvalue weighted by molar-refractivity contribution is 7.48. The molecule has 33 heavy (non-hydrogen) atoms. The lowest BCUT2D eigenvalue weighted by Crippen LogP contribution is -2.24. The van der Waals surface area contributed by atoms with Crippen molar-refractivity contribution in [2.75, 3.05) is 7.05 Å². The smallest absolute Gasteiger partial charge is 0.127 e. The topological polar surface area (TPSA) is 21.6 Å². The molecule has 0 bridgehead atoms. The number of nitrogens with zero attached hydrogens (tertiary/aromatic N) is 1. The van der Waals surface area contributed by atoms with Crippen LogP contribution in [0, 0.1) is 6.92 Å². The van der Waals surface area contributed by atoms with Crippen LogP contribution < -0.4 is 10.0 Å². The molecule has 2 nitrogen and oxygen atoms in total. The second kappa shape index (κ2) is 10.7. The summed E-state index contributed by atoms with van der Waals surface area (Å²) in [6, 6.07) is 23.7. The van der Waals surface area contributed by atoms with E-state index >= 15 is 0 Å². The Hall–Kier alpha value is -2.44. The van der Waals surface area contributed by atoms with Gasteiger partial charge in [-0.2, -0.15) is 0 Å². The minimum Gasteiger partial charge on any atom is -0.488 e. The number of hydrogen-bond donors (Lipinski definition) is 0. The van der Waals surface area contributed by atoms with E-state index in [1.54, 1.807) is 0 Å². The van der Waals surface area contributed by atoms with Crippen LogP contribution in [0.1, 0.15) is 68.9 Å². The van der Waals surface area contributed by atoms with Crippen LogP contribution in [0.4, 0.5) is 0 Å². The second-order valence-corrected chi connectivity index (χ2v) is 11.9. The van der Waals surface area contributed by atoms with Gasteiger partial charge in [-0.25, -0.2) is 0 Å². The fourth-order valence-electron chi connectivity index (χ4n) is 4.13. The summed E-state index contributed by atoms with van der Waals surface area (Å²) in [6.07, 6.45) is 3.00. The van der Waals surface area contributed by atoms with Crippen molar-refractivity contribution in [3.8, 4) is 5.75 Å². The van der Waals surface area contributed by atoms with Gasteiger partial charge < -0.3 is 4.74 Å². The average Bonchev–Trinajstić information content (AvgIpc) is 2.79. The molecule has 0 saturated heterocycles. The second-order valence-electron chi connectivity index (χ2n) is 10.00. The Morgan fingerprint density at radius 3 is 2.18 bits per heavy atom. The lowest BCUT2D eigenvalue weighted by molar-refractivity contribution is 0.291. The number of benzene rings is 3. The van der Waals surface area contributed by atoms with Gasteiger partial charge in [-0.1, -0.05) is 115 Å². The van der Waals surface area contributed by atoms with E-state index in [1.807, 2.05) is 19.3 Å². The molecular formula is C30H38NOP. The molecule has 0 spiro atoms. The Morgan fingerprint density at radius 1 is 0.909 bits per heavy atom. The SMILES string of the molecule is CCC(C)(Pc1ccccc1/C=N/C)c1cc(C)cc(C(C)(C)C)c1OCc1ccccc1. The summed E-state index contributed by atoms with van der Waals surface area (Å²) < 4.78 is 6.68. The zero-order chi connectivity index (χ0) is 24.1. The van der Waals surface area contributed by atoms with Crippen molar-refractivity contribution >= 4 is 20.1 Å². The van der Waals surface area contributed by atoms with E-state index < -0.39 is 0 Å². The van der Waals surface area contributed by atoms with Crippen LogP contribution in [0.3, 0.4) is 0 Å². The molecule has 0 heterocycles. The van der Waals surface area contributed by atoms with Crippen molar-refractivity contribution in [2.45, 2.75) is 65.1 Å². The molecule has 0 amide bonds. The fraction of sp³-hybridized carbons (Fsp3) is 0.367. The van der Waals surface area contributed by atoms with Gasteiger partial charge in [0.05, 0.1) is 0 Å². The summed E-state index contributed by atoms with van der Waals surface area (Å²) in [4.78, 5) is 4.29. The van der Waals surface area contributed by atoms with Gasteiger partial charge in [0.1, 0.15) is 12.4 Å². The van der Waals surface area contributed by atoms with Gasteiger partial charge >= 0.3 is 0 Å². The van der Waals surface area contributed by atoms with E-state index in [1.165, 1.54) is 33.1 Å². The fourth-order valence-corrected chi connectivity index (χ4v) is 5.69. The van der Waals surface area contributed by atoms with E-state index in [0.29, 0.717) is 15.2 Å². The van der Waals surface area contributed by atoms with Gasteiger partial charge in [0, 0.05) is 29.5 Å². The molecule has 0 aliphatic rings. The number of hydrogen-bond acceptors (Lipinski definition) is 2. The maximum absolute atomic E-state index is 6.68. The molecule has 3 aromatic carbocycles. The highest BCUT2D eigenvalue weighted by Crippen LogP contribution is 2.50. The highest BCUT2D eigenvalue weighted by Gasteiger charge is 2.33. The van der Waals surface area contributed by atoms with Crippen LogP contribution in [0.2, 0.25) is 0 Å². The Kier molecular flexibility index (Phi) is 8.14. The molecule has 2 atom stereocenters. The van der Waals surface area contributed by atoms with Crippen LogP contribution >= 0.6 is 8.58 Å². The molecule has 3 rings (SSSR count). The monoisotopic (exact) mass is 459 g/mol. The zero-order valence-electron chi connectivity index (χ0n) is 21.2. The van der Waals surface area contributed by atoms with Crippen molar-refractivity contribution in [2.24, 2.45) is 4.99 Å².